The van der Waals surface area contributed by atoms with Crippen molar-refractivity contribution in [3.63, 3.8) is 0 Å². The topological polar surface area (TPSA) is 76.4 Å². The molecule has 2 heterocycles. The summed E-state index contributed by atoms with van der Waals surface area (Å²) in [5, 5.41) is 12.1. The maximum absolute atomic E-state index is 13.4. The normalized spacial score (nSPS) is 24.8. The molecule has 1 unspecified atom stereocenters. The summed E-state index contributed by atoms with van der Waals surface area (Å²) in [6.45, 7) is 4.48. The van der Waals surface area contributed by atoms with E-state index in [1.54, 1.807) is 11.8 Å². The Morgan fingerprint density at radius 3 is 2.78 bits per heavy atom. The van der Waals surface area contributed by atoms with Crippen molar-refractivity contribution in [1.82, 2.24) is 15.1 Å². The first-order valence-corrected chi connectivity index (χ1v) is 8.91. The van der Waals surface area contributed by atoms with Crippen LogP contribution in [-0.4, -0.2) is 70.6 Å². The van der Waals surface area contributed by atoms with Crippen molar-refractivity contribution in [3.05, 3.63) is 0 Å². The van der Waals surface area contributed by atoms with Crippen molar-refractivity contribution < 1.29 is 14.0 Å². The number of likely N-dealkylation sites (tertiary alicyclic amines) is 1. The number of alkyl halides is 1. The van der Waals surface area contributed by atoms with E-state index in [0.29, 0.717) is 6.42 Å². The fraction of sp³-hybridized carbons (Fsp3) is 0.800. The second-order valence-corrected chi connectivity index (χ2v) is 7.71. The minimum atomic E-state index is -1.13. The van der Waals surface area contributed by atoms with Gasteiger partial charge in [-0.25, -0.2) is 4.39 Å². The van der Waals surface area contributed by atoms with Crippen molar-refractivity contribution in [1.29, 1.82) is 5.26 Å². The lowest BCUT2D eigenvalue weighted by Gasteiger charge is -2.29. The molecule has 1 N–H and O–H groups in total. The largest absolute Gasteiger partial charge is 0.333 e. The van der Waals surface area contributed by atoms with Crippen LogP contribution in [0.1, 0.15) is 26.7 Å². The van der Waals surface area contributed by atoms with Gasteiger partial charge in [-0.15, -0.1) is 11.8 Å². The van der Waals surface area contributed by atoms with Crippen molar-refractivity contribution in [2.45, 2.75) is 44.4 Å². The Labute approximate surface area is 140 Å². The zero-order chi connectivity index (χ0) is 17.0. The SMILES string of the molecule is CC(C)(CC(=O)N1CCSC1)NCC(=O)N1CC(F)C[C@H]1C#N. The highest BCUT2D eigenvalue weighted by Crippen LogP contribution is 2.21. The molecular weight excluding hydrogens is 319 g/mol. The molecule has 0 saturated carbocycles. The van der Waals surface area contributed by atoms with Gasteiger partial charge in [0.25, 0.3) is 0 Å². The van der Waals surface area contributed by atoms with Gasteiger partial charge in [0.1, 0.15) is 12.2 Å². The molecule has 0 spiro atoms. The molecule has 0 aromatic carbocycles. The Bertz CT molecular complexity index is 502. The minimum Gasteiger partial charge on any atom is -0.333 e. The molecule has 0 aromatic rings. The quantitative estimate of drug-likeness (QED) is 0.797. The molecule has 0 aliphatic carbocycles. The van der Waals surface area contributed by atoms with Gasteiger partial charge in [-0.2, -0.15) is 5.26 Å². The highest BCUT2D eigenvalue weighted by atomic mass is 32.2. The highest BCUT2D eigenvalue weighted by Gasteiger charge is 2.36. The third kappa shape index (κ3) is 4.82. The molecule has 2 saturated heterocycles. The number of rotatable bonds is 5. The van der Waals surface area contributed by atoms with E-state index in [4.69, 9.17) is 5.26 Å². The van der Waals surface area contributed by atoms with Crippen LogP contribution in [0.15, 0.2) is 0 Å². The average molecular weight is 342 g/mol. The van der Waals surface area contributed by atoms with Crippen LogP contribution in [0.3, 0.4) is 0 Å². The second kappa shape index (κ2) is 7.49. The molecule has 23 heavy (non-hydrogen) atoms. The van der Waals surface area contributed by atoms with Gasteiger partial charge < -0.3 is 15.1 Å². The van der Waals surface area contributed by atoms with Gasteiger partial charge in [0.05, 0.1) is 25.0 Å². The molecule has 6 nitrogen and oxygen atoms in total. The van der Waals surface area contributed by atoms with E-state index >= 15 is 0 Å². The molecule has 2 fully saturated rings. The van der Waals surface area contributed by atoms with Gasteiger partial charge >= 0.3 is 0 Å². The Morgan fingerprint density at radius 1 is 1.43 bits per heavy atom. The monoisotopic (exact) mass is 342 g/mol. The number of amides is 2. The number of thioether (sulfide) groups is 1. The van der Waals surface area contributed by atoms with Gasteiger partial charge in [0.2, 0.25) is 11.8 Å². The lowest BCUT2D eigenvalue weighted by atomic mass is 9.99. The van der Waals surface area contributed by atoms with E-state index in [0.717, 1.165) is 18.2 Å². The fourth-order valence-corrected chi connectivity index (χ4v) is 3.73. The van der Waals surface area contributed by atoms with E-state index in [2.05, 4.69) is 5.32 Å². The summed E-state index contributed by atoms with van der Waals surface area (Å²) in [6.07, 6.45) is -0.754. The lowest BCUT2D eigenvalue weighted by Crippen LogP contribution is -2.49. The van der Waals surface area contributed by atoms with Crippen LogP contribution in [0, 0.1) is 11.3 Å². The summed E-state index contributed by atoms with van der Waals surface area (Å²) < 4.78 is 13.4. The Hall–Kier alpha value is -1.33. The molecule has 8 heteroatoms. The van der Waals surface area contributed by atoms with Crippen LogP contribution < -0.4 is 5.32 Å². The zero-order valence-corrected chi connectivity index (χ0v) is 14.4. The summed E-state index contributed by atoms with van der Waals surface area (Å²) in [6, 6.07) is 1.28. The lowest BCUT2D eigenvalue weighted by molar-refractivity contribution is -0.133. The van der Waals surface area contributed by atoms with E-state index in [1.165, 1.54) is 4.90 Å². The second-order valence-electron chi connectivity index (χ2n) is 6.63. The Balaban J connectivity index is 1.82. The van der Waals surface area contributed by atoms with Crippen molar-refractivity contribution in [2.75, 3.05) is 31.3 Å². The first-order valence-electron chi connectivity index (χ1n) is 7.76. The molecule has 128 valence electrons. The van der Waals surface area contributed by atoms with Crippen LogP contribution in [0.25, 0.3) is 0 Å². The number of hydrogen-bond donors (Lipinski definition) is 1. The summed E-state index contributed by atoms with van der Waals surface area (Å²) in [7, 11) is 0. The van der Waals surface area contributed by atoms with Crippen LogP contribution in [0.4, 0.5) is 4.39 Å². The Morgan fingerprint density at radius 2 is 2.17 bits per heavy atom. The maximum Gasteiger partial charge on any atom is 0.237 e. The standard InChI is InChI=1S/C15H23FN4O2S/c1-15(2,6-13(21)19-3-4-23-10-19)18-8-14(22)20-9-11(16)5-12(20)7-17/h11-12,18H,3-6,8-10H2,1-2H3/t11?,12-/m0/s1. The number of carbonyl (C=O) groups is 2. The molecule has 2 rings (SSSR count). The molecule has 0 radical (unpaired) electrons. The molecule has 2 amide bonds. The Kier molecular flexibility index (Phi) is 5.87. The van der Waals surface area contributed by atoms with Gasteiger partial charge in [-0.05, 0) is 13.8 Å². The van der Waals surface area contributed by atoms with Gasteiger partial charge in [-0.1, -0.05) is 0 Å². The van der Waals surface area contributed by atoms with Crippen molar-refractivity contribution in [2.24, 2.45) is 0 Å². The molecule has 0 bridgehead atoms. The molecule has 0 aromatic heterocycles. The average Bonchev–Trinajstić information content (AvgIpc) is 3.13. The van der Waals surface area contributed by atoms with Gasteiger partial charge in [0, 0.05) is 30.7 Å². The summed E-state index contributed by atoms with van der Waals surface area (Å²) in [4.78, 5) is 27.5. The summed E-state index contributed by atoms with van der Waals surface area (Å²) >= 11 is 1.73. The number of nitriles is 1. The van der Waals surface area contributed by atoms with Crippen LogP contribution in [0.5, 0.6) is 0 Å². The first kappa shape index (κ1) is 18.0. The minimum absolute atomic E-state index is 0.0000694. The number of halogens is 1. The fourth-order valence-electron chi connectivity index (χ4n) is 2.76. The number of nitrogens with one attached hydrogen (secondary N) is 1. The smallest absolute Gasteiger partial charge is 0.237 e. The number of hydrogen-bond acceptors (Lipinski definition) is 5. The number of carbonyl (C=O) groups excluding carboxylic acids is 2. The van der Waals surface area contributed by atoms with Gasteiger partial charge in [-0.3, -0.25) is 9.59 Å². The predicted octanol–water partition coefficient (Wildman–Crippen LogP) is 0.740. The van der Waals surface area contributed by atoms with E-state index in [9.17, 15) is 14.0 Å². The van der Waals surface area contributed by atoms with E-state index in [1.807, 2.05) is 24.8 Å². The van der Waals surface area contributed by atoms with Crippen LogP contribution in [0.2, 0.25) is 0 Å². The van der Waals surface area contributed by atoms with Crippen LogP contribution in [-0.2, 0) is 9.59 Å². The molecular formula is C15H23FN4O2S. The van der Waals surface area contributed by atoms with Gasteiger partial charge in [0.15, 0.2) is 0 Å². The zero-order valence-electron chi connectivity index (χ0n) is 13.5. The van der Waals surface area contributed by atoms with E-state index < -0.39 is 17.8 Å². The van der Waals surface area contributed by atoms with Crippen molar-refractivity contribution in [3.8, 4) is 6.07 Å². The summed E-state index contributed by atoms with van der Waals surface area (Å²) in [5.41, 5.74) is -0.531. The molecule has 2 atom stereocenters. The highest BCUT2D eigenvalue weighted by molar-refractivity contribution is 7.99. The first-order chi connectivity index (χ1) is 10.8. The predicted molar refractivity (Wildman–Crippen MR) is 86.4 cm³/mol. The van der Waals surface area contributed by atoms with Crippen molar-refractivity contribution >= 4 is 23.6 Å². The maximum atomic E-state index is 13.4. The third-order valence-corrected chi connectivity index (χ3v) is 5.10. The molecule has 2 aliphatic heterocycles. The summed E-state index contributed by atoms with van der Waals surface area (Å²) in [5.74, 6) is 1.46. The van der Waals surface area contributed by atoms with E-state index in [-0.39, 0.29) is 31.3 Å². The molecule has 2 aliphatic rings. The number of nitrogens with zero attached hydrogens (tertiary/aromatic N) is 3. The third-order valence-electron chi connectivity index (χ3n) is 4.14. The van der Waals surface area contributed by atoms with Crippen LogP contribution >= 0.6 is 11.8 Å².